The molecule has 0 radical (unpaired) electrons. The van der Waals surface area contributed by atoms with Gasteiger partial charge >= 0.3 is 5.97 Å². The minimum absolute atomic E-state index is 0.163. The number of carbonyl (C=O) groups is 2. The van der Waals surface area contributed by atoms with E-state index in [1.807, 2.05) is 0 Å². The number of piperidine rings is 1. The van der Waals surface area contributed by atoms with Gasteiger partial charge in [-0.3, -0.25) is 14.6 Å². The van der Waals surface area contributed by atoms with Crippen molar-refractivity contribution in [2.24, 2.45) is 5.92 Å². The summed E-state index contributed by atoms with van der Waals surface area (Å²) >= 11 is 0. The smallest absolute Gasteiger partial charge is 0.308 e. The lowest BCUT2D eigenvalue weighted by molar-refractivity contribution is -0.143. The summed E-state index contributed by atoms with van der Waals surface area (Å²) in [7, 11) is 0. The highest BCUT2D eigenvalue weighted by atomic mass is 16.4. The van der Waals surface area contributed by atoms with E-state index in [0.717, 1.165) is 0 Å². The van der Waals surface area contributed by atoms with Gasteiger partial charge in [0.25, 0.3) is 5.91 Å². The lowest BCUT2D eigenvalue weighted by atomic mass is 9.97. The van der Waals surface area contributed by atoms with Crippen LogP contribution in [0, 0.1) is 5.92 Å². The zero-order valence-corrected chi connectivity index (χ0v) is 9.74. The van der Waals surface area contributed by atoms with E-state index in [2.05, 4.69) is 4.98 Å². The maximum atomic E-state index is 12.1. The Labute approximate surface area is 104 Å². The summed E-state index contributed by atoms with van der Waals surface area (Å²) in [6.07, 6.45) is 3.87. The average molecular weight is 250 g/mol. The number of nitrogens with zero attached hydrogens (tertiary/aromatic N) is 2. The minimum Gasteiger partial charge on any atom is -0.505 e. The quantitative estimate of drug-likeness (QED) is 0.807. The van der Waals surface area contributed by atoms with E-state index in [4.69, 9.17) is 5.11 Å². The molecular formula is C12H14N2O4. The Hall–Kier alpha value is -2.11. The summed E-state index contributed by atoms with van der Waals surface area (Å²) in [6, 6.07) is 1.43. The molecule has 1 fully saturated rings. The number of pyridine rings is 1. The summed E-state index contributed by atoms with van der Waals surface area (Å²) in [5.74, 6) is -1.93. The van der Waals surface area contributed by atoms with Crippen LogP contribution in [-0.2, 0) is 4.79 Å². The van der Waals surface area contributed by atoms with Crippen LogP contribution in [0.15, 0.2) is 18.5 Å². The fraction of sp³-hybridized carbons (Fsp3) is 0.417. The van der Waals surface area contributed by atoms with Crippen molar-refractivity contribution in [2.45, 2.75) is 12.8 Å². The van der Waals surface area contributed by atoms with E-state index in [0.29, 0.717) is 19.4 Å². The van der Waals surface area contributed by atoms with Crippen molar-refractivity contribution < 1.29 is 19.8 Å². The second-order valence-electron chi connectivity index (χ2n) is 4.32. The lowest BCUT2D eigenvalue weighted by Crippen LogP contribution is -2.42. The van der Waals surface area contributed by atoms with Gasteiger partial charge in [-0.15, -0.1) is 0 Å². The highest BCUT2D eigenvalue weighted by Crippen LogP contribution is 2.22. The first-order valence-electron chi connectivity index (χ1n) is 5.74. The average Bonchev–Trinajstić information content (AvgIpc) is 2.38. The molecule has 0 unspecified atom stereocenters. The number of amides is 1. The molecule has 0 saturated carbocycles. The summed E-state index contributed by atoms with van der Waals surface area (Å²) in [5, 5.41) is 18.5. The second-order valence-corrected chi connectivity index (χ2v) is 4.32. The number of carboxylic acid groups (broad SMARTS) is 1. The number of hydrogen-bond donors (Lipinski definition) is 2. The fourth-order valence-corrected chi connectivity index (χ4v) is 2.10. The van der Waals surface area contributed by atoms with Gasteiger partial charge < -0.3 is 15.1 Å². The molecule has 2 rings (SSSR count). The Morgan fingerprint density at radius 3 is 2.89 bits per heavy atom. The normalized spacial score (nSPS) is 19.6. The molecule has 96 valence electrons. The molecule has 1 saturated heterocycles. The third kappa shape index (κ3) is 2.42. The van der Waals surface area contributed by atoms with E-state index in [9.17, 15) is 14.7 Å². The molecule has 0 aromatic carbocycles. The van der Waals surface area contributed by atoms with Gasteiger partial charge in [0, 0.05) is 19.3 Å². The topological polar surface area (TPSA) is 90.7 Å². The third-order valence-electron chi connectivity index (χ3n) is 3.09. The van der Waals surface area contributed by atoms with E-state index in [1.165, 1.54) is 23.4 Å². The number of aromatic nitrogens is 1. The molecule has 1 atom stereocenters. The molecule has 18 heavy (non-hydrogen) atoms. The Morgan fingerprint density at radius 1 is 1.44 bits per heavy atom. The van der Waals surface area contributed by atoms with Gasteiger partial charge in [0.15, 0.2) is 0 Å². The van der Waals surface area contributed by atoms with Crippen LogP contribution in [0.2, 0.25) is 0 Å². The number of hydrogen-bond acceptors (Lipinski definition) is 4. The number of aromatic hydroxyl groups is 1. The third-order valence-corrected chi connectivity index (χ3v) is 3.09. The molecular weight excluding hydrogens is 236 g/mol. The maximum Gasteiger partial charge on any atom is 0.308 e. The van der Waals surface area contributed by atoms with Crippen LogP contribution in [0.5, 0.6) is 5.75 Å². The van der Waals surface area contributed by atoms with Crippen LogP contribution in [0.3, 0.4) is 0 Å². The molecule has 0 aliphatic carbocycles. The first-order valence-corrected chi connectivity index (χ1v) is 5.74. The van der Waals surface area contributed by atoms with Crippen molar-refractivity contribution in [3.05, 3.63) is 24.0 Å². The molecule has 1 aromatic rings. The Kier molecular flexibility index (Phi) is 3.45. The van der Waals surface area contributed by atoms with Crippen molar-refractivity contribution >= 4 is 11.9 Å². The van der Waals surface area contributed by atoms with Gasteiger partial charge in [-0.1, -0.05) is 0 Å². The Balaban J connectivity index is 2.14. The molecule has 1 aromatic heterocycles. The van der Waals surface area contributed by atoms with E-state index in [1.54, 1.807) is 0 Å². The number of carbonyl (C=O) groups excluding carboxylic acids is 1. The van der Waals surface area contributed by atoms with Gasteiger partial charge in [-0.25, -0.2) is 0 Å². The molecule has 2 heterocycles. The number of likely N-dealkylation sites (tertiary alicyclic amines) is 1. The van der Waals surface area contributed by atoms with Gasteiger partial charge in [0.1, 0.15) is 5.75 Å². The summed E-state index contributed by atoms with van der Waals surface area (Å²) < 4.78 is 0. The molecule has 0 bridgehead atoms. The van der Waals surface area contributed by atoms with Crippen LogP contribution in [-0.4, -0.2) is 45.1 Å². The van der Waals surface area contributed by atoms with Crippen molar-refractivity contribution in [1.82, 2.24) is 9.88 Å². The van der Waals surface area contributed by atoms with Gasteiger partial charge in [0.2, 0.25) is 0 Å². The van der Waals surface area contributed by atoms with Crippen LogP contribution in [0.4, 0.5) is 0 Å². The highest BCUT2D eigenvalue weighted by Gasteiger charge is 2.29. The van der Waals surface area contributed by atoms with Gasteiger partial charge in [-0.2, -0.15) is 0 Å². The highest BCUT2D eigenvalue weighted by molar-refractivity contribution is 5.96. The van der Waals surface area contributed by atoms with Gasteiger partial charge in [-0.05, 0) is 18.9 Å². The zero-order valence-electron chi connectivity index (χ0n) is 9.74. The molecule has 6 nitrogen and oxygen atoms in total. The van der Waals surface area contributed by atoms with Crippen LogP contribution >= 0.6 is 0 Å². The first kappa shape index (κ1) is 12.3. The largest absolute Gasteiger partial charge is 0.505 e. The standard InChI is InChI=1S/C12H14N2O4/c15-10-6-13-4-3-9(10)11(16)14-5-1-2-8(7-14)12(17)18/h3-4,6,8,15H,1-2,5,7H2,(H,17,18)/t8-/m0/s1. The second kappa shape index (κ2) is 5.03. The SMILES string of the molecule is O=C(O)[C@H]1CCCN(C(=O)c2ccncc2O)C1. The summed E-state index contributed by atoms with van der Waals surface area (Å²) in [4.78, 5) is 28.2. The van der Waals surface area contributed by atoms with Crippen molar-refractivity contribution in [3.63, 3.8) is 0 Å². The Bertz CT molecular complexity index is 475. The Morgan fingerprint density at radius 2 is 2.22 bits per heavy atom. The molecule has 0 spiro atoms. The van der Waals surface area contributed by atoms with Crippen LogP contribution in [0.1, 0.15) is 23.2 Å². The van der Waals surface area contributed by atoms with Gasteiger partial charge in [0.05, 0.1) is 17.7 Å². The number of carboxylic acids is 1. The molecule has 1 amide bonds. The van der Waals surface area contributed by atoms with Crippen LogP contribution < -0.4 is 0 Å². The summed E-state index contributed by atoms with van der Waals surface area (Å²) in [6.45, 7) is 0.709. The van der Waals surface area contributed by atoms with Crippen molar-refractivity contribution in [1.29, 1.82) is 0 Å². The van der Waals surface area contributed by atoms with Crippen molar-refractivity contribution in [2.75, 3.05) is 13.1 Å². The van der Waals surface area contributed by atoms with E-state index < -0.39 is 11.9 Å². The fourth-order valence-electron chi connectivity index (χ4n) is 2.10. The maximum absolute atomic E-state index is 12.1. The monoisotopic (exact) mass is 250 g/mol. The number of aliphatic carboxylic acids is 1. The first-order chi connectivity index (χ1) is 8.59. The number of rotatable bonds is 2. The molecule has 2 N–H and O–H groups in total. The van der Waals surface area contributed by atoms with Crippen LogP contribution in [0.25, 0.3) is 0 Å². The van der Waals surface area contributed by atoms with Crippen molar-refractivity contribution in [3.8, 4) is 5.75 Å². The summed E-state index contributed by atoms with van der Waals surface area (Å²) in [5.41, 5.74) is 0.163. The predicted molar refractivity (Wildman–Crippen MR) is 62.2 cm³/mol. The lowest BCUT2D eigenvalue weighted by Gasteiger charge is -2.30. The molecule has 1 aliphatic heterocycles. The van der Waals surface area contributed by atoms with E-state index in [-0.39, 0.29) is 23.8 Å². The van der Waals surface area contributed by atoms with E-state index >= 15 is 0 Å². The molecule has 1 aliphatic rings. The zero-order chi connectivity index (χ0) is 13.1. The molecule has 6 heteroatoms. The minimum atomic E-state index is -0.883. The predicted octanol–water partition coefficient (Wildman–Crippen LogP) is 0.724.